The van der Waals surface area contributed by atoms with E-state index in [-0.39, 0.29) is 5.78 Å². The van der Waals surface area contributed by atoms with Crippen molar-refractivity contribution in [1.82, 2.24) is 9.78 Å². The molecule has 1 aromatic heterocycles. The van der Waals surface area contributed by atoms with E-state index in [0.717, 1.165) is 6.54 Å². The molecule has 2 rings (SSSR count). The van der Waals surface area contributed by atoms with Gasteiger partial charge in [-0.25, -0.2) is 0 Å². The van der Waals surface area contributed by atoms with Gasteiger partial charge in [0.1, 0.15) is 17.1 Å². The first-order valence-electron chi connectivity index (χ1n) is 5.99. The minimum absolute atomic E-state index is 0.158. The highest BCUT2D eigenvalue weighted by molar-refractivity contribution is 6.12. The Bertz CT molecular complexity index is 568. The second-order valence-corrected chi connectivity index (χ2v) is 3.95. The van der Waals surface area contributed by atoms with Crippen LogP contribution < -0.4 is 9.47 Å². The molecule has 0 fully saturated rings. The van der Waals surface area contributed by atoms with E-state index in [1.54, 1.807) is 35.3 Å². The Morgan fingerprint density at radius 3 is 2.37 bits per heavy atom. The fourth-order valence-electron chi connectivity index (χ4n) is 1.87. The Hall–Kier alpha value is -2.30. The summed E-state index contributed by atoms with van der Waals surface area (Å²) in [6.07, 6.45) is 3.27. The number of hydrogen-bond acceptors (Lipinski definition) is 4. The molecule has 19 heavy (non-hydrogen) atoms. The van der Waals surface area contributed by atoms with Crippen molar-refractivity contribution in [2.24, 2.45) is 0 Å². The van der Waals surface area contributed by atoms with Crippen LogP contribution in [0.2, 0.25) is 0 Å². The summed E-state index contributed by atoms with van der Waals surface area (Å²) >= 11 is 0. The van der Waals surface area contributed by atoms with E-state index in [9.17, 15) is 4.79 Å². The van der Waals surface area contributed by atoms with Crippen molar-refractivity contribution in [1.29, 1.82) is 0 Å². The smallest absolute Gasteiger partial charge is 0.203 e. The second kappa shape index (κ2) is 5.56. The van der Waals surface area contributed by atoms with Gasteiger partial charge < -0.3 is 9.47 Å². The highest BCUT2D eigenvalue weighted by atomic mass is 16.5. The molecule has 0 saturated carbocycles. The number of aryl methyl sites for hydroxylation is 1. The van der Waals surface area contributed by atoms with Crippen molar-refractivity contribution < 1.29 is 14.3 Å². The van der Waals surface area contributed by atoms with Crippen molar-refractivity contribution in [2.75, 3.05) is 14.2 Å². The largest absolute Gasteiger partial charge is 0.496 e. The number of carbonyl (C=O) groups is 1. The topological polar surface area (TPSA) is 53.4 Å². The van der Waals surface area contributed by atoms with Crippen LogP contribution in [0, 0.1) is 0 Å². The first-order valence-corrected chi connectivity index (χ1v) is 5.99. The summed E-state index contributed by atoms with van der Waals surface area (Å²) in [6.45, 7) is 2.68. The lowest BCUT2D eigenvalue weighted by Gasteiger charge is -2.11. The maximum atomic E-state index is 12.5. The number of benzene rings is 1. The molecule has 0 radical (unpaired) electrons. The van der Waals surface area contributed by atoms with Crippen molar-refractivity contribution in [3.63, 3.8) is 0 Å². The molecule has 2 aromatic rings. The summed E-state index contributed by atoms with van der Waals surface area (Å²) < 4.78 is 12.2. The van der Waals surface area contributed by atoms with Crippen LogP contribution in [-0.4, -0.2) is 29.8 Å². The van der Waals surface area contributed by atoms with Crippen LogP contribution in [0.3, 0.4) is 0 Å². The number of methoxy groups -OCH3 is 2. The van der Waals surface area contributed by atoms with Gasteiger partial charge in [0.2, 0.25) is 5.78 Å². The molecule has 0 saturated heterocycles. The van der Waals surface area contributed by atoms with E-state index in [0.29, 0.717) is 22.6 Å². The van der Waals surface area contributed by atoms with Gasteiger partial charge in [0.05, 0.1) is 26.0 Å². The Morgan fingerprint density at radius 1 is 1.26 bits per heavy atom. The minimum atomic E-state index is -0.158. The molecular formula is C14H16N2O3. The molecule has 5 nitrogen and oxygen atoms in total. The van der Waals surface area contributed by atoms with Crippen LogP contribution in [0.25, 0.3) is 0 Å². The normalized spacial score (nSPS) is 10.3. The van der Waals surface area contributed by atoms with E-state index in [1.165, 1.54) is 14.2 Å². The third-order valence-electron chi connectivity index (χ3n) is 2.87. The van der Waals surface area contributed by atoms with Crippen molar-refractivity contribution in [3.05, 3.63) is 41.7 Å². The van der Waals surface area contributed by atoms with Crippen LogP contribution >= 0.6 is 0 Å². The minimum Gasteiger partial charge on any atom is -0.496 e. The molecule has 1 heterocycles. The third-order valence-corrected chi connectivity index (χ3v) is 2.87. The highest BCUT2D eigenvalue weighted by Crippen LogP contribution is 2.30. The van der Waals surface area contributed by atoms with Crippen molar-refractivity contribution in [2.45, 2.75) is 13.5 Å². The fourth-order valence-corrected chi connectivity index (χ4v) is 1.87. The zero-order valence-electron chi connectivity index (χ0n) is 11.2. The summed E-state index contributed by atoms with van der Waals surface area (Å²) in [5.74, 6) is 0.830. The van der Waals surface area contributed by atoms with E-state index >= 15 is 0 Å². The summed E-state index contributed by atoms with van der Waals surface area (Å²) in [5.41, 5.74) is 0.938. The SMILES string of the molecule is CCn1cc(C(=O)c2c(OC)cccc2OC)cn1. The van der Waals surface area contributed by atoms with Crippen molar-refractivity contribution >= 4 is 5.78 Å². The van der Waals surface area contributed by atoms with E-state index in [1.807, 2.05) is 6.92 Å². The summed E-state index contributed by atoms with van der Waals surface area (Å²) in [6, 6.07) is 5.25. The van der Waals surface area contributed by atoms with Crippen LogP contribution in [0.1, 0.15) is 22.8 Å². The number of carbonyl (C=O) groups excluding carboxylic acids is 1. The van der Waals surface area contributed by atoms with Gasteiger partial charge in [-0.2, -0.15) is 5.10 Å². The number of ketones is 1. The predicted molar refractivity (Wildman–Crippen MR) is 70.9 cm³/mol. The number of nitrogens with zero attached hydrogens (tertiary/aromatic N) is 2. The molecule has 0 bridgehead atoms. The molecule has 0 aliphatic carbocycles. The van der Waals surface area contributed by atoms with Gasteiger partial charge in [-0.1, -0.05) is 6.07 Å². The van der Waals surface area contributed by atoms with E-state index in [2.05, 4.69) is 5.10 Å². The quantitative estimate of drug-likeness (QED) is 0.773. The van der Waals surface area contributed by atoms with Gasteiger partial charge in [-0.3, -0.25) is 9.48 Å². The Kier molecular flexibility index (Phi) is 3.85. The lowest BCUT2D eigenvalue weighted by atomic mass is 10.0. The lowest BCUT2D eigenvalue weighted by molar-refractivity contribution is 0.103. The molecule has 0 unspecified atom stereocenters. The van der Waals surface area contributed by atoms with Gasteiger partial charge in [0, 0.05) is 12.7 Å². The molecule has 100 valence electrons. The monoisotopic (exact) mass is 260 g/mol. The molecule has 0 amide bonds. The van der Waals surface area contributed by atoms with Crippen LogP contribution in [0.15, 0.2) is 30.6 Å². The number of hydrogen-bond donors (Lipinski definition) is 0. The average Bonchev–Trinajstić information content (AvgIpc) is 2.94. The van der Waals surface area contributed by atoms with E-state index < -0.39 is 0 Å². The Labute approximate surface area is 111 Å². The van der Waals surface area contributed by atoms with E-state index in [4.69, 9.17) is 9.47 Å². The number of ether oxygens (including phenoxy) is 2. The zero-order valence-corrected chi connectivity index (χ0v) is 11.2. The van der Waals surface area contributed by atoms with Crippen LogP contribution in [-0.2, 0) is 6.54 Å². The molecule has 0 atom stereocenters. The number of aromatic nitrogens is 2. The third kappa shape index (κ3) is 2.45. The van der Waals surface area contributed by atoms with Crippen molar-refractivity contribution in [3.8, 4) is 11.5 Å². The second-order valence-electron chi connectivity index (χ2n) is 3.95. The first-order chi connectivity index (χ1) is 9.21. The molecule has 5 heteroatoms. The summed E-state index contributed by atoms with van der Waals surface area (Å²) in [4.78, 5) is 12.5. The van der Waals surface area contributed by atoms with Gasteiger partial charge in [-0.05, 0) is 19.1 Å². The summed E-state index contributed by atoms with van der Waals surface area (Å²) in [7, 11) is 3.06. The molecule has 0 aliphatic rings. The zero-order chi connectivity index (χ0) is 13.8. The standard InChI is InChI=1S/C14H16N2O3/c1-4-16-9-10(8-15-16)14(17)13-11(18-2)6-5-7-12(13)19-3/h5-9H,4H2,1-3H3. The van der Waals surface area contributed by atoms with Gasteiger partial charge in [0.25, 0.3) is 0 Å². The Balaban J connectivity index is 2.48. The number of rotatable bonds is 5. The highest BCUT2D eigenvalue weighted by Gasteiger charge is 2.20. The van der Waals surface area contributed by atoms with Gasteiger partial charge in [0.15, 0.2) is 0 Å². The van der Waals surface area contributed by atoms with Crippen LogP contribution in [0.5, 0.6) is 11.5 Å². The molecular weight excluding hydrogens is 244 g/mol. The molecule has 0 N–H and O–H groups in total. The molecule has 0 aliphatic heterocycles. The summed E-state index contributed by atoms with van der Waals surface area (Å²) in [5, 5.41) is 4.11. The predicted octanol–water partition coefficient (Wildman–Crippen LogP) is 2.15. The lowest BCUT2D eigenvalue weighted by Crippen LogP contribution is -2.06. The maximum absolute atomic E-state index is 12.5. The van der Waals surface area contributed by atoms with Gasteiger partial charge in [-0.15, -0.1) is 0 Å². The Morgan fingerprint density at radius 2 is 1.89 bits per heavy atom. The van der Waals surface area contributed by atoms with Crippen LogP contribution in [0.4, 0.5) is 0 Å². The maximum Gasteiger partial charge on any atom is 0.203 e. The first kappa shape index (κ1) is 13.1. The van der Waals surface area contributed by atoms with Gasteiger partial charge >= 0.3 is 0 Å². The molecule has 0 spiro atoms. The fraction of sp³-hybridized carbons (Fsp3) is 0.286. The average molecular weight is 260 g/mol. The molecule has 1 aromatic carbocycles.